The van der Waals surface area contributed by atoms with E-state index in [1.165, 1.54) is 0 Å². The van der Waals surface area contributed by atoms with Crippen LogP contribution in [0.3, 0.4) is 0 Å². The first kappa shape index (κ1) is 16.5. The molecule has 3 rings (SSSR count). The highest BCUT2D eigenvalue weighted by Crippen LogP contribution is 2.16. The molecule has 0 radical (unpaired) electrons. The number of carbonyl (C=O) groups excluding carboxylic acids is 1. The van der Waals surface area contributed by atoms with Crippen LogP contribution in [-0.2, 0) is 6.54 Å². The third kappa shape index (κ3) is 4.14. The first-order chi connectivity index (χ1) is 11.6. The van der Waals surface area contributed by atoms with Crippen molar-refractivity contribution in [3.05, 3.63) is 53.7 Å². The summed E-state index contributed by atoms with van der Waals surface area (Å²) < 4.78 is 5.57. The van der Waals surface area contributed by atoms with Gasteiger partial charge in [-0.3, -0.25) is 9.88 Å². The number of piperazine rings is 1. The van der Waals surface area contributed by atoms with E-state index in [1.54, 1.807) is 0 Å². The Hall–Kier alpha value is -2.34. The van der Waals surface area contributed by atoms with Gasteiger partial charge >= 0.3 is 6.03 Å². The zero-order valence-electron chi connectivity index (χ0n) is 14.2. The molecule has 1 aliphatic heterocycles. The van der Waals surface area contributed by atoms with Crippen molar-refractivity contribution in [1.29, 1.82) is 0 Å². The van der Waals surface area contributed by atoms with Gasteiger partial charge in [0, 0.05) is 38.9 Å². The standard InChI is InChI=1S/C18H24N4O2/c1-14-6-7-17(24-14)15(2)20-18(23)22-11-9-21(10-12-22)13-16-5-3-4-8-19-16/h3-8,15H,9-13H2,1-2H3,(H,20,23). The van der Waals surface area contributed by atoms with Crippen LogP contribution >= 0.6 is 0 Å². The number of hydrogen-bond donors (Lipinski definition) is 1. The molecular formula is C18H24N4O2. The summed E-state index contributed by atoms with van der Waals surface area (Å²) in [6, 6.07) is 9.62. The third-order valence-corrected chi connectivity index (χ3v) is 4.30. The first-order valence-corrected chi connectivity index (χ1v) is 8.36. The van der Waals surface area contributed by atoms with Crippen LogP contribution in [0.2, 0.25) is 0 Å². The van der Waals surface area contributed by atoms with Gasteiger partial charge in [0.1, 0.15) is 11.5 Å². The molecule has 6 heteroatoms. The fourth-order valence-corrected chi connectivity index (χ4v) is 2.86. The van der Waals surface area contributed by atoms with E-state index in [2.05, 4.69) is 15.2 Å². The summed E-state index contributed by atoms with van der Waals surface area (Å²) in [5.74, 6) is 1.64. The Balaban J connectivity index is 1.46. The zero-order valence-corrected chi connectivity index (χ0v) is 14.2. The second-order valence-corrected chi connectivity index (χ2v) is 6.20. The van der Waals surface area contributed by atoms with Gasteiger partial charge < -0.3 is 14.6 Å². The van der Waals surface area contributed by atoms with E-state index < -0.39 is 0 Å². The Morgan fingerprint density at radius 3 is 2.67 bits per heavy atom. The number of carbonyl (C=O) groups is 1. The smallest absolute Gasteiger partial charge is 0.318 e. The van der Waals surface area contributed by atoms with Gasteiger partial charge in [0.2, 0.25) is 0 Å². The summed E-state index contributed by atoms with van der Waals surface area (Å²) in [6.45, 7) is 7.84. The monoisotopic (exact) mass is 328 g/mol. The van der Waals surface area contributed by atoms with E-state index in [9.17, 15) is 4.79 Å². The van der Waals surface area contributed by atoms with Gasteiger partial charge in [0.05, 0.1) is 11.7 Å². The van der Waals surface area contributed by atoms with Gasteiger partial charge in [0.25, 0.3) is 0 Å². The number of aromatic nitrogens is 1. The van der Waals surface area contributed by atoms with Gasteiger partial charge in [-0.25, -0.2) is 4.79 Å². The molecule has 0 bridgehead atoms. The van der Waals surface area contributed by atoms with Gasteiger partial charge in [0.15, 0.2) is 0 Å². The lowest BCUT2D eigenvalue weighted by Crippen LogP contribution is -2.51. The Kier molecular flexibility index (Phi) is 5.15. The van der Waals surface area contributed by atoms with Crippen LogP contribution in [0.25, 0.3) is 0 Å². The highest BCUT2D eigenvalue weighted by atomic mass is 16.3. The third-order valence-electron chi connectivity index (χ3n) is 4.30. The van der Waals surface area contributed by atoms with Crippen molar-refractivity contribution in [2.75, 3.05) is 26.2 Å². The van der Waals surface area contributed by atoms with Gasteiger partial charge in [-0.05, 0) is 38.1 Å². The maximum atomic E-state index is 12.4. The molecule has 2 amide bonds. The van der Waals surface area contributed by atoms with Crippen LogP contribution in [-0.4, -0.2) is 47.0 Å². The minimum absolute atomic E-state index is 0.0333. The van der Waals surface area contributed by atoms with Gasteiger partial charge in [-0.2, -0.15) is 0 Å². The van der Waals surface area contributed by atoms with E-state index in [-0.39, 0.29) is 12.1 Å². The van der Waals surface area contributed by atoms with Crippen molar-refractivity contribution < 1.29 is 9.21 Å². The Labute approximate surface area is 142 Å². The lowest BCUT2D eigenvalue weighted by Gasteiger charge is -2.35. The second kappa shape index (κ2) is 7.49. The number of pyridine rings is 1. The van der Waals surface area contributed by atoms with Gasteiger partial charge in [-0.15, -0.1) is 0 Å². The maximum Gasteiger partial charge on any atom is 0.318 e. The topological polar surface area (TPSA) is 61.6 Å². The number of hydrogen-bond acceptors (Lipinski definition) is 4. The average molecular weight is 328 g/mol. The van der Waals surface area contributed by atoms with Crippen molar-refractivity contribution >= 4 is 6.03 Å². The van der Waals surface area contributed by atoms with Crippen molar-refractivity contribution in [3.8, 4) is 0 Å². The Morgan fingerprint density at radius 2 is 2.04 bits per heavy atom. The van der Waals surface area contributed by atoms with E-state index in [0.29, 0.717) is 0 Å². The minimum atomic E-state index is -0.127. The lowest BCUT2D eigenvalue weighted by molar-refractivity contribution is 0.132. The van der Waals surface area contributed by atoms with Crippen molar-refractivity contribution in [3.63, 3.8) is 0 Å². The first-order valence-electron chi connectivity index (χ1n) is 8.36. The molecule has 3 heterocycles. The van der Waals surface area contributed by atoms with Gasteiger partial charge in [-0.1, -0.05) is 6.07 Å². The summed E-state index contributed by atoms with van der Waals surface area (Å²) in [6.07, 6.45) is 1.82. The summed E-state index contributed by atoms with van der Waals surface area (Å²) in [4.78, 5) is 20.9. The summed E-state index contributed by atoms with van der Waals surface area (Å²) in [7, 11) is 0. The molecular weight excluding hydrogens is 304 g/mol. The van der Waals surface area contributed by atoms with Crippen molar-refractivity contribution in [2.24, 2.45) is 0 Å². The number of urea groups is 1. The minimum Gasteiger partial charge on any atom is -0.464 e. The quantitative estimate of drug-likeness (QED) is 0.937. The number of rotatable bonds is 4. The molecule has 0 spiro atoms. The molecule has 0 aliphatic carbocycles. The number of furan rings is 1. The van der Waals surface area contributed by atoms with E-state index in [0.717, 1.165) is 49.9 Å². The fraction of sp³-hybridized carbons (Fsp3) is 0.444. The molecule has 0 saturated carbocycles. The largest absolute Gasteiger partial charge is 0.464 e. The SMILES string of the molecule is Cc1ccc(C(C)NC(=O)N2CCN(Cc3ccccn3)CC2)o1. The van der Waals surface area contributed by atoms with Crippen LogP contribution in [0.4, 0.5) is 4.79 Å². The Morgan fingerprint density at radius 1 is 1.25 bits per heavy atom. The van der Waals surface area contributed by atoms with E-state index in [4.69, 9.17) is 4.42 Å². The van der Waals surface area contributed by atoms with Crippen molar-refractivity contribution in [2.45, 2.75) is 26.4 Å². The molecule has 128 valence electrons. The van der Waals surface area contributed by atoms with Crippen LogP contribution in [0.1, 0.15) is 30.2 Å². The molecule has 1 aliphatic rings. The molecule has 24 heavy (non-hydrogen) atoms. The molecule has 1 atom stereocenters. The van der Waals surface area contributed by atoms with Crippen LogP contribution in [0.5, 0.6) is 0 Å². The molecule has 1 saturated heterocycles. The van der Waals surface area contributed by atoms with Crippen LogP contribution < -0.4 is 5.32 Å². The summed E-state index contributed by atoms with van der Waals surface area (Å²) in [5.41, 5.74) is 1.07. The average Bonchev–Trinajstić information content (AvgIpc) is 3.03. The number of nitrogens with one attached hydrogen (secondary N) is 1. The summed E-state index contributed by atoms with van der Waals surface area (Å²) in [5, 5.41) is 3.01. The van der Waals surface area contributed by atoms with Crippen molar-refractivity contribution in [1.82, 2.24) is 20.1 Å². The highest BCUT2D eigenvalue weighted by Gasteiger charge is 2.23. The number of nitrogens with zero attached hydrogens (tertiary/aromatic N) is 3. The Bertz CT molecular complexity index is 663. The molecule has 1 unspecified atom stereocenters. The molecule has 1 N–H and O–H groups in total. The number of aryl methyl sites for hydroxylation is 1. The number of amides is 2. The predicted molar refractivity (Wildman–Crippen MR) is 91.5 cm³/mol. The zero-order chi connectivity index (χ0) is 16.9. The molecule has 2 aromatic rings. The lowest BCUT2D eigenvalue weighted by atomic mass is 10.2. The predicted octanol–water partition coefficient (Wildman–Crippen LogP) is 2.57. The molecule has 2 aromatic heterocycles. The van der Waals surface area contributed by atoms with E-state index >= 15 is 0 Å². The molecule has 6 nitrogen and oxygen atoms in total. The van der Waals surface area contributed by atoms with Crippen LogP contribution in [0.15, 0.2) is 40.9 Å². The maximum absolute atomic E-state index is 12.4. The van der Waals surface area contributed by atoms with Crippen LogP contribution in [0, 0.1) is 6.92 Å². The summed E-state index contributed by atoms with van der Waals surface area (Å²) >= 11 is 0. The second-order valence-electron chi connectivity index (χ2n) is 6.20. The molecule has 0 aromatic carbocycles. The molecule has 1 fully saturated rings. The highest BCUT2D eigenvalue weighted by molar-refractivity contribution is 5.74. The fourth-order valence-electron chi connectivity index (χ4n) is 2.86. The normalized spacial score (nSPS) is 16.8. The van der Waals surface area contributed by atoms with E-state index in [1.807, 2.05) is 55.3 Å².